The van der Waals surface area contributed by atoms with Crippen molar-refractivity contribution in [2.24, 2.45) is 0 Å². The topological polar surface area (TPSA) is 57.5 Å². The number of carboxylic acids is 1. The fourth-order valence-corrected chi connectivity index (χ4v) is 0.158. The summed E-state index contributed by atoms with van der Waals surface area (Å²) >= 11 is 0. The summed E-state index contributed by atoms with van der Waals surface area (Å²) in [6.07, 6.45) is 2.87. The van der Waals surface area contributed by atoms with Gasteiger partial charge >= 0.3 is 43.7 Å². The molecule has 0 bridgehead atoms. The van der Waals surface area contributed by atoms with Crippen molar-refractivity contribution in [2.45, 2.75) is 19.8 Å². The van der Waals surface area contributed by atoms with E-state index < -0.39 is 5.97 Å². The van der Waals surface area contributed by atoms with E-state index in [1.165, 1.54) is 0 Å². The molecule has 0 saturated carbocycles. The summed E-state index contributed by atoms with van der Waals surface area (Å²) in [6.45, 7) is 5.36. The molecule has 64 valence electrons. The molecule has 0 rings (SSSR count). The molecular formula is C7H16CaO3. The zero-order valence-corrected chi connectivity index (χ0v) is 6.21. The number of hydrogen-bond acceptors (Lipinski definition) is 2. The van der Waals surface area contributed by atoms with E-state index in [1.807, 2.05) is 0 Å². The summed E-state index contributed by atoms with van der Waals surface area (Å²) in [6, 6.07) is 0. The normalized spacial score (nSPS) is 6.73. The van der Waals surface area contributed by atoms with Crippen molar-refractivity contribution in [1.29, 1.82) is 0 Å². The van der Waals surface area contributed by atoms with Crippen LogP contribution >= 0.6 is 0 Å². The fraction of sp³-hybridized carbons (Fsp3) is 0.571. The summed E-state index contributed by atoms with van der Waals surface area (Å²) < 4.78 is 0. The average molecular weight is 188 g/mol. The maximum absolute atomic E-state index is 9.25. The van der Waals surface area contributed by atoms with E-state index in [0.29, 0.717) is 6.61 Å². The Hall–Kier alpha value is 0.430. The first-order chi connectivity index (χ1) is 4.68. The number of unbranched alkanes of at least 4 members (excludes halogenated alkanes) is 1. The summed E-state index contributed by atoms with van der Waals surface area (Å²) in [5.74, 6) is -0.981. The van der Waals surface area contributed by atoms with Gasteiger partial charge in [-0.05, 0) is 6.42 Å². The van der Waals surface area contributed by atoms with E-state index in [-0.39, 0.29) is 37.7 Å². The van der Waals surface area contributed by atoms with Gasteiger partial charge in [0.25, 0.3) is 0 Å². The fourth-order valence-electron chi connectivity index (χ4n) is 0.158. The molecular weight excluding hydrogens is 172 g/mol. The van der Waals surface area contributed by atoms with Crippen LogP contribution in [0.5, 0.6) is 0 Å². The molecule has 0 saturated heterocycles. The molecule has 0 aromatic heterocycles. The molecule has 0 unspecified atom stereocenters. The van der Waals surface area contributed by atoms with Crippen LogP contribution in [0.3, 0.4) is 0 Å². The van der Waals surface area contributed by atoms with Crippen LogP contribution in [-0.4, -0.2) is 60.5 Å². The molecule has 2 N–H and O–H groups in total. The maximum atomic E-state index is 9.25. The van der Waals surface area contributed by atoms with Crippen molar-refractivity contribution in [3.05, 3.63) is 12.7 Å². The quantitative estimate of drug-likeness (QED) is 0.488. The van der Waals surface area contributed by atoms with Crippen LogP contribution < -0.4 is 0 Å². The van der Waals surface area contributed by atoms with E-state index in [0.717, 1.165) is 18.9 Å². The molecule has 0 aliphatic carbocycles. The van der Waals surface area contributed by atoms with Gasteiger partial charge < -0.3 is 10.2 Å². The third-order valence-electron chi connectivity index (χ3n) is 0.686. The predicted octanol–water partition coefficient (Wildman–Crippen LogP) is 0.120. The van der Waals surface area contributed by atoms with Crippen molar-refractivity contribution in [2.75, 3.05) is 6.61 Å². The molecule has 11 heavy (non-hydrogen) atoms. The molecule has 0 atom stereocenters. The van der Waals surface area contributed by atoms with Gasteiger partial charge in [-0.1, -0.05) is 19.9 Å². The van der Waals surface area contributed by atoms with Crippen molar-refractivity contribution < 1.29 is 15.0 Å². The van der Waals surface area contributed by atoms with Crippen molar-refractivity contribution in [3.63, 3.8) is 0 Å². The van der Waals surface area contributed by atoms with Gasteiger partial charge in [-0.2, -0.15) is 0 Å². The van der Waals surface area contributed by atoms with Crippen LogP contribution in [0, 0.1) is 0 Å². The Balaban J connectivity index is -0.000000107. The van der Waals surface area contributed by atoms with Crippen molar-refractivity contribution >= 4 is 43.7 Å². The Morgan fingerprint density at radius 2 is 2.00 bits per heavy atom. The number of aliphatic carboxylic acids is 1. The van der Waals surface area contributed by atoms with Gasteiger partial charge in [0.2, 0.25) is 0 Å². The molecule has 0 spiro atoms. The van der Waals surface area contributed by atoms with Gasteiger partial charge in [0.15, 0.2) is 0 Å². The molecule has 0 aromatic rings. The number of carbonyl (C=O) groups is 1. The second-order valence-electron chi connectivity index (χ2n) is 1.62. The molecule has 0 radical (unpaired) electrons. The number of hydrogen-bond donors (Lipinski definition) is 2. The van der Waals surface area contributed by atoms with E-state index in [4.69, 9.17) is 10.2 Å². The Bertz CT molecular complexity index is 91.7. The predicted molar refractivity (Wildman–Crippen MR) is 48.4 cm³/mol. The zero-order valence-electron chi connectivity index (χ0n) is 6.21. The Labute approximate surface area is 97.1 Å². The third kappa shape index (κ3) is 37.8. The van der Waals surface area contributed by atoms with E-state index >= 15 is 0 Å². The van der Waals surface area contributed by atoms with Crippen molar-refractivity contribution in [1.82, 2.24) is 0 Å². The molecule has 3 nitrogen and oxygen atoms in total. The van der Waals surface area contributed by atoms with Crippen LogP contribution in [0.25, 0.3) is 0 Å². The van der Waals surface area contributed by atoms with Crippen LogP contribution in [0.4, 0.5) is 0 Å². The number of carboxylic acid groups (broad SMARTS) is 1. The van der Waals surface area contributed by atoms with Gasteiger partial charge in [0.1, 0.15) is 0 Å². The summed E-state index contributed by atoms with van der Waals surface area (Å²) in [5.41, 5.74) is 0. The first-order valence-electron chi connectivity index (χ1n) is 3.15. The molecule has 0 aliphatic heterocycles. The second-order valence-corrected chi connectivity index (χ2v) is 1.62. The summed E-state index contributed by atoms with van der Waals surface area (Å²) in [7, 11) is 0. The van der Waals surface area contributed by atoms with Gasteiger partial charge in [-0.3, -0.25) is 0 Å². The first kappa shape index (κ1) is 17.5. The Morgan fingerprint density at radius 3 is 2.00 bits per heavy atom. The summed E-state index contributed by atoms with van der Waals surface area (Å²) in [4.78, 5) is 9.25. The SMILES string of the molecule is C=CC(=O)O.CCCCO.[CaH2]. The number of aliphatic hydroxyl groups is 1. The molecule has 0 fully saturated rings. The molecule has 4 heteroatoms. The van der Waals surface area contributed by atoms with Crippen LogP contribution in [0.2, 0.25) is 0 Å². The monoisotopic (exact) mass is 188 g/mol. The minimum absolute atomic E-state index is 0. The summed E-state index contributed by atoms with van der Waals surface area (Å²) in [5, 5.41) is 15.7. The van der Waals surface area contributed by atoms with E-state index in [9.17, 15) is 4.79 Å². The average Bonchev–Trinajstić information content (AvgIpc) is 1.91. The molecule has 0 amide bonds. The number of aliphatic hydroxyl groups excluding tert-OH is 1. The zero-order chi connectivity index (χ0) is 8.41. The third-order valence-corrected chi connectivity index (χ3v) is 0.686. The van der Waals surface area contributed by atoms with Gasteiger partial charge in [0.05, 0.1) is 0 Å². The van der Waals surface area contributed by atoms with Gasteiger partial charge in [-0.25, -0.2) is 4.79 Å². The first-order valence-corrected chi connectivity index (χ1v) is 3.15. The van der Waals surface area contributed by atoms with Crippen LogP contribution in [0.15, 0.2) is 12.7 Å². The molecule has 0 heterocycles. The van der Waals surface area contributed by atoms with Crippen LogP contribution in [0.1, 0.15) is 19.8 Å². The van der Waals surface area contributed by atoms with Crippen LogP contribution in [-0.2, 0) is 4.79 Å². The second kappa shape index (κ2) is 16.8. The van der Waals surface area contributed by atoms with Gasteiger partial charge in [-0.15, -0.1) is 0 Å². The van der Waals surface area contributed by atoms with Gasteiger partial charge in [0, 0.05) is 12.7 Å². The number of rotatable bonds is 3. The molecule has 0 aromatic carbocycles. The minimum atomic E-state index is -0.981. The van der Waals surface area contributed by atoms with Crippen molar-refractivity contribution in [3.8, 4) is 0 Å². The Morgan fingerprint density at radius 1 is 1.64 bits per heavy atom. The standard InChI is InChI=1S/C4H10O.C3H4O2.Ca.2H/c1-2-3-4-5;1-2-3(4)5;;;/h5H,2-4H2,1H3;2H,1H2,(H,4,5);;;. The van der Waals surface area contributed by atoms with E-state index in [2.05, 4.69) is 13.5 Å². The Kier molecular flexibility index (Phi) is 26.7. The molecule has 0 aliphatic rings. The van der Waals surface area contributed by atoms with E-state index in [1.54, 1.807) is 0 Å².